The van der Waals surface area contributed by atoms with Gasteiger partial charge in [0.05, 0.1) is 0 Å². The van der Waals surface area contributed by atoms with E-state index in [0.717, 1.165) is 6.54 Å². The molecule has 0 aliphatic carbocycles. The zero-order valence-electron chi connectivity index (χ0n) is 10.6. The lowest BCUT2D eigenvalue weighted by Gasteiger charge is -2.07. The summed E-state index contributed by atoms with van der Waals surface area (Å²) in [4.78, 5) is 8.54. The van der Waals surface area contributed by atoms with Crippen molar-refractivity contribution in [1.29, 1.82) is 0 Å². The molecule has 0 unspecified atom stereocenters. The number of nitrogens with one attached hydrogen (secondary N) is 1. The number of rotatable bonds is 4. The number of halogens is 3. The molecule has 1 heterocycles. The molecule has 1 aromatic carbocycles. The Bertz CT molecular complexity index is 570. The molecule has 0 aliphatic heterocycles. The second-order valence-corrected chi connectivity index (χ2v) is 5.01. The summed E-state index contributed by atoms with van der Waals surface area (Å²) in [5, 5.41) is 3.06. The maximum Gasteiger partial charge on any atom is 0.446 e. The summed E-state index contributed by atoms with van der Waals surface area (Å²) in [6.45, 7) is 2.68. The Labute approximate surface area is 118 Å². The van der Waals surface area contributed by atoms with Crippen LogP contribution in [-0.2, 0) is 0 Å². The average Bonchev–Trinajstić information content (AvgIpc) is 2.38. The van der Waals surface area contributed by atoms with Crippen LogP contribution in [0.4, 0.5) is 19.0 Å². The van der Waals surface area contributed by atoms with Gasteiger partial charge in [-0.3, -0.25) is 0 Å². The van der Waals surface area contributed by atoms with Gasteiger partial charge >= 0.3 is 5.51 Å². The van der Waals surface area contributed by atoms with Crippen molar-refractivity contribution in [3.8, 4) is 11.4 Å². The van der Waals surface area contributed by atoms with Crippen molar-refractivity contribution in [3.05, 3.63) is 36.5 Å². The van der Waals surface area contributed by atoms with Crippen LogP contribution in [0.15, 0.2) is 41.4 Å². The van der Waals surface area contributed by atoms with Crippen molar-refractivity contribution in [2.24, 2.45) is 0 Å². The highest BCUT2D eigenvalue weighted by atomic mass is 32.2. The van der Waals surface area contributed by atoms with Crippen molar-refractivity contribution >= 4 is 17.6 Å². The lowest BCUT2D eigenvalue weighted by Crippen LogP contribution is -2.01. The van der Waals surface area contributed by atoms with Crippen molar-refractivity contribution in [3.63, 3.8) is 0 Å². The van der Waals surface area contributed by atoms with Gasteiger partial charge in [0.1, 0.15) is 5.82 Å². The quantitative estimate of drug-likeness (QED) is 0.859. The van der Waals surface area contributed by atoms with Gasteiger partial charge in [-0.1, -0.05) is 12.1 Å². The fourth-order valence-corrected chi connectivity index (χ4v) is 2.12. The van der Waals surface area contributed by atoms with Gasteiger partial charge in [0.2, 0.25) is 0 Å². The van der Waals surface area contributed by atoms with Gasteiger partial charge in [0.15, 0.2) is 5.82 Å². The third kappa shape index (κ3) is 4.12. The summed E-state index contributed by atoms with van der Waals surface area (Å²) in [5.74, 6) is 1.17. The Kier molecular flexibility index (Phi) is 4.49. The molecule has 0 amide bonds. The number of hydrogen-bond donors (Lipinski definition) is 1. The smallest absolute Gasteiger partial charge is 0.370 e. The highest BCUT2D eigenvalue weighted by Gasteiger charge is 2.29. The molecule has 3 nitrogen and oxygen atoms in total. The summed E-state index contributed by atoms with van der Waals surface area (Å²) in [5.41, 5.74) is -3.60. The molecule has 106 valence electrons. The van der Waals surface area contributed by atoms with Gasteiger partial charge in [-0.15, -0.1) is 0 Å². The first-order valence-corrected chi connectivity index (χ1v) is 6.72. The largest absolute Gasteiger partial charge is 0.446 e. The number of nitrogens with zero attached hydrogens (tertiary/aromatic N) is 2. The molecule has 20 heavy (non-hydrogen) atoms. The molecule has 1 N–H and O–H groups in total. The van der Waals surface area contributed by atoms with Gasteiger partial charge in [-0.2, -0.15) is 13.2 Å². The minimum Gasteiger partial charge on any atom is -0.370 e. The fraction of sp³-hybridized carbons (Fsp3) is 0.231. The molecule has 0 atom stereocenters. The monoisotopic (exact) mass is 299 g/mol. The highest BCUT2D eigenvalue weighted by molar-refractivity contribution is 8.00. The first-order chi connectivity index (χ1) is 9.48. The van der Waals surface area contributed by atoms with E-state index in [4.69, 9.17) is 0 Å². The third-order valence-electron chi connectivity index (χ3n) is 2.36. The standard InChI is InChI=1S/C13H12F3N3S/c1-2-17-11-7-8-18-12(19-11)9-3-5-10(6-4-9)20-13(14,15)16/h3-8H,2H2,1H3,(H,17,18,19). The molecule has 2 aromatic rings. The predicted molar refractivity (Wildman–Crippen MR) is 73.5 cm³/mol. The molecule has 1 aromatic heterocycles. The number of alkyl halides is 3. The van der Waals surface area contributed by atoms with Crippen LogP contribution in [0.2, 0.25) is 0 Å². The minimum atomic E-state index is -4.27. The van der Waals surface area contributed by atoms with E-state index in [1.54, 1.807) is 24.4 Å². The Hall–Kier alpha value is -1.76. The number of benzene rings is 1. The molecule has 0 fully saturated rings. The lowest BCUT2D eigenvalue weighted by atomic mass is 10.2. The van der Waals surface area contributed by atoms with Crippen LogP contribution in [-0.4, -0.2) is 22.0 Å². The number of thioether (sulfide) groups is 1. The van der Waals surface area contributed by atoms with Gasteiger partial charge in [0.25, 0.3) is 0 Å². The molecule has 7 heteroatoms. The summed E-state index contributed by atoms with van der Waals surface area (Å²) >= 11 is -0.137. The SMILES string of the molecule is CCNc1ccnc(-c2ccc(SC(F)(F)F)cc2)n1. The molecule has 0 spiro atoms. The molecule has 0 bridgehead atoms. The van der Waals surface area contributed by atoms with Crippen molar-refractivity contribution < 1.29 is 13.2 Å². The maximum absolute atomic E-state index is 12.2. The molecule has 0 aliphatic rings. The minimum absolute atomic E-state index is 0.137. The first kappa shape index (κ1) is 14.6. The van der Waals surface area contributed by atoms with Crippen LogP contribution in [0.25, 0.3) is 11.4 Å². The fourth-order valence-electron chi connectivity index (χ4n) is 1.58. The van der Waals surface area contributed by atoms with E-state index in [9.17, 15) is 13.2 Å². The summed E-state index contributed by atoms with van der Waals surface area (Å²) < 4.78 is 36.7. The van der Waals surface area contributed by atoms with Crippen LogP contribution < -0.4 is 5.32 Å². The van der Waals surface area contributed by atoms with E-state index in [-0.39, 0.29) is 16.7 Å². The zero-order valence-corrected chi connectivity index (χ0v) is 11.4. The molecular weight excluding hydrogens is 287 g/mol. The number of anilines is 1. The van der Waals surface area contributed by atoms with Gasteiger partial charge in [-0.05, 0) is 36.9 Å². The van der Waals surface area contributed by atoms with Crippen LogP contribution in [0.1, 0.15) is 6.92 Å². The van der Waals surface area contributed by atoms with Crippen LogP contribution in [0.5, 0.6) is 0 Å². The summed E-state index contributed by atoms with van der Waals surface area (Å²) in [6, 6.07) is 7.73. The zero-order chi connectivity index (χ0) is 14.6. The van der Waals surface area contributed by atoms with Gasteiger partial charge in [0, 0.05) is 23.2 Å². The third-order valence-corrected chi connectivity index (χ3v) is 3.10. The Morgan fingerprint density at radius 1 is 1.15 bits per heavy atom. The highest BCUT2D eigenvalue weighted by Crippen LogP contribution is 2.37. The molecule has 0 radical (unpaired) electrons. The number of aromatic nitrogens is 2. The summed E-state index contributed by atoms with van der Waals surface area (Å²) in [7, 11) is 0. The molecule has 0 saturated heterocycles. The van der Waals surface area contributed by atoms with Gasteiger partial charge < -0.3 is 5.32 Å². The molecule has 0 saturated carbocycles. The van der Waals surface area contributed by atoms with Crippen LogP contribution in [0, 0.1) is 0 Å². The van der Waals surface area contributed by atoms with Crippen molar-refractivity contribution in [2.45, 2.75) is 17.3 Å². The Morgan fingerprint density at radius 2 is 1.85 bits per heavy atom. The van der Waals surface area contributed by atoms with E-state index < -0.39 is 5.51 Å². The second kappa shape index (κ2) is 6.13. The second-order valence-electron chi connectivity index (χ2n) is 3.87. The summed E-state index contributed by atoms with van der Waals surface area (Å²) in [6.07, 6.45) is 1.61. The van der Waals surface area contributed by atoms with Crippen molar-refractivity contribution in [2.75, 3.05) is 11.9 Å². The normalized spacial score (nSPS) is 11.4. The molecular formula is C13H12F3N3S. The van der Waals surface area contributed by atoms with Crippen LogP contribution >= 0.6 is 11.8 Å². The maximum atomic E-state index is 12.2. The van der Waals surface area contributed by atoms with Crippen molar-refractivity contribution in [1.82, 2.24) is 9.97 Å². The van der Waals surface area contributed by atoms with Crippen LogP contribution in [0.3, 0.4) is 0 Å². The Balaban J connectivity index is 2.19. The lowest BCUT2D eigenvalue weighted by molar-refractivity contribution is -0.0328. The van der Waals surface area contributed by atoms with E-state index in [1.807, 2.05) is 6.92 Å². The van der Waals surface area contributed by atoms with E-state index >= 15 is 0 Å². The van der Waals surface area contributed by atoms with E-state index in [1.165, 1.54) is 12.1 Å². The van der Waals surface area contributed by atoms with Gasteiger partial charge in [-0.25, -0.2) is 9.97 Å². The first-order valence-electron chi connectivity index (χ1n) is 5.91. The number of hydrogen-bond acceptors (Lipinski definition) is 4. The van der Waals surface area contributed by atoms with E-state index in [0.29, 0.717) is 17.2 Å². The Morgan fingerprint density at radius 3 is 2.45 bits per heavy atom. The predicted octanol–water partition coefficient (Wildman–Crippen LogP) is 4.19. The average molecular weight is 299 g/mol. The molecule has 2 rings (SSSR count). The topological polar surface area (TPSA) is 37.8 Å². The van der Waals surface area contributed by atoms with E-state index in [2.05, 4.69) is 15.3 Å².